The summed E-state index contributed by atoms with van der Waals surface area (Å²) >= 11 is 0. The van der Waals surface area contributed by atoms with Gasteiger partial charge in [0, 0.05) is 5.56 Å². The largest absolute Gasteiger partial charge is 0.380 e. The van der Waals surface area contributed by atoms with Gasteiger partial charge in [-0.15, -0.1) is 0 Å². The van der Waals surface area contributed by atoms with E-state index in [1.807, 2.05) is 42.5 Å². The summed E-state index contributed by atoms with van der Waals surface area (Å²) in [5.41, 5.74) is 1.38. The fraction of sp³-hybridized carbons (Fsp3) is 0.0625. The van der Waals surface area contributed by atoms with Crippen molar-refractivity contribution in [2.45, 2.75) is 6.10 Å². The van der Waals surface area contributed by atoms with Gasteiger partial charge in [0.2, 0.25) is 0 Å². The SMILES string of the molecule is O=C1c2cccc3c2c(cc2ccccc23)C1O. The zero-order chi connectivity index (χ0) is 12.3. The maximum atomic E-state index is 12.0. The van der Waals surface area contributed by atoms with E-state index in [-0.39, 0.29) is 5.78 Å². The lowest BCUT2D eigenvalue weighted by molar-refractivity contribution is 0.0766. The Labute approximate surface area is 103 Å². The lowest BCUT2D eigenvalue weighted by Crippen LogP contribution is -2.04. The van der Waals surface area contributed by atoms with Gasteiger partial charge in [0.25, 0.3) is 0 Å². The molecule has 3 aromatic carbocycles. The number of rotatable bonds is 0. The molecule has 2 heteroatoms. The molecule has 0 fully saturated rings. The van der Waals surface area contributed by atoms with Gasteiger partial charge in [-0.05, 0) is 33.2 Å². The summed E-state index contributed by atoms with van der Waals surface area (Å²) in [7, 11) is 0. The van der Waals surface area contributed by atoms with Gasteiger partial charge < -0.3 is 5.11 Å². The molecule has 0 aliphatic heterocycles. The van der Waals surface area contributed by atoms with Crippen molar-refractivity contribution in [3.05, 3.63) is 59.7 Å². The summed E-state index contributed by atoms with van der Waals surface area (Å²) < 4.78 is 0. The molecule has 0 saturated carbocycles. The predicted octanol–water partition coefficient (Wildman–Crippen LogP) is 3.22. The van der Waals surface area contributed by atoms with Gasteiger partial charge in [0.15, 0.2) is 5.78 Å². The molecule has 1 aliphatic rings. The van der Waals surface area contributed by atoms with E-state index in [1.54, 1.807) is 6.07 Å². The molecule has 4 rings (SSSR count). The first-order valence-corrected chi connectivity index (χ1v) is 5.94. The minimum absolute atomic E-state index is 0.189. The van der Waals surface area contributed by atoms with E-state index in [0.717, 1.165) is 27.1 Å². The Morgan fingerprint density at radius 3 is 2.61 bits per heavy atom. The van der Waals surface area contributed by atoms with Crippen LogP contribution in [0.15, 0.2) is 48.5 Å². The van der Waals surface area contributed by atoms with Crippen LogP contribution in [0.3, 0.4) is 0 Å². The van der Waals surface area contributed by atoms with E-state index in [9.17, 15) is 9.90 Å². The van der Waals surface area contributed by atoms with Gasteiger partial charge in [-0.3, -0.25) is 4.79 Å². The quantitative estimate of drug-likeness (QED) is 0.606. The van der Waals surface area contributed by atoms with E-state index in [2.05, 4.69) is 0 Å². The number of aliphatic hydroxyl groups is 1. The van der Waals surface area contributed by atoms with E-state index in [0.29, 0.717) is 5.56 Å². The normalized spacial score (nSPS) is 17.8. The first kappa shape index (κ1) is 9.80. The third-order valence-corrected chi connectivity index (χ3v) is 3.72. The molecule has 18 heavy (non-hydrogen) atoms. The van der Waals surface area contributed by atoms with Crippen molar-refractivity contribution in [1.82, 2.24) is 0 Å². The molecule has 2 nitrogen and oxygen atoms in total. The van der Waals surface area contributed by atoms with Crippen molar-refractivity contribution in [2.24, 2.45) is 0 Å². The second kappa shape index (κ2) is 3.18. The molecule has 1 atom stereocenters. The van der Waals surface area contributed by atoms with Gasteiger partial charge in [-0.25, -0.2) is 0 Å². The molecular weight excluding hydrogens is 224 g/mol. The maximum Gasteiger partial charge on any atom is 0.196 e. The first-order chi connectivity index (χ1) is 8.77. The highest BCUT2D eigenvalue weighted by Gasteiger charge is 2.31. The molecule has 0 heterocycles. The number of benzene rings is 3. The van der Waals surface area contributed by atoms with Gasteiger partial charge in [-0.1, -0.05) is 42.5 Å². The van der Waals surface area contributed by atoms with Crippen molar-refractivity contribution < 1.29 is 9.90 Å². The molecular formula is C16H10O2. The number of fused-ring (bicyclic) bond motifs is 2. The lowest BCUT2D eigenvalue weighted by Gasteiger charge is -2.07. The zero-order valence-corrected chi connectivity index (χ0v) is 9.55. The van der Waals surface area contributed by atoms with Crippen molar-refractivity contribution in [3.63, 3.8) is 0 Å². The zero-order valence-electron chi connectivity index (χ0n) is 9.55. The fourth-order valence-corrected chi connectivity index (χ4v) is 2.91. The molecule has 1 N–H and O–H groups in total. The Hall–Kier alpha value is -2.19. The minimum atomic E-state index is -1.01. The van der Waals surface area contributed by atoms with Crippen LogP contribution >= 0.6 is 0 Å². The molecule has 0 saturated heterocycles. The summed E-state index contributed by atoms with van der Waals surface area (Å²) in [6, 6.07) is 15.6. The Kier molecular flexibility index (Phi) is 1.73. The lowest BCUT2D eigenvalue weighted by atomic mass is 9.98. The highest BCUT2D eigenvalue weighted by Crippen LogP contribution is 2.40. The van der Waals surface area contributed by atoms with Crippen LogP contribution in [0.5, 0.6) is 0 Å². The molecule has 0 aromatic heterocycles. The van der Waals surface area contributed by atoms with Gasteiger partial charge in [0.05, 0.1) is 0 Å². The highest BCUT2D eigenvalue weighted by atomic mass is 16.3. The molecule has 0 amide bonds. The smallest absolute Gasteiger partial charge is 0.196 e. The number of Topliss-reactive ketones (excluding diaryl/α,β-unsaturated/α-hetero) is 1. The third-order valence-electron chi connectivity index (χ3n) is 3.72. The van der Waals surface area contributed by atoms with E-state index in [1.165, 1.54) is 0 Å². The topological polar surface area (TPSA) is 37.3 Å². The molecule has 1 unspecified atom stereocenters. The Morgan fingerprint density at radius 2 is 1.72 bits per heavy atom. The van der Waals surface area contributed by atoms with Gasteiger partial charge >= 0.3 is 0 Å². The van der Waals surface area contributed by atoms with Crippen LogP contribution in [0.4, 0.5) is 0 Å². The average Bonchev–Trinajstić information content (AvgIpc) is 2.66. The number of hydrogen-bond acceptors (Lipinski definition) is 2. The van der Waals surface area contributed by atoms with Gasteiger partial charge in [-0.2, -0.15) is 0 Å². The molecule has 86 valence electrons. The second-order valence-corrected chi connectivity index (χ2v) is 4.68. The standard InChI is InChI=1S/C16H10O2/c17-15-12-7-3-6-11-10-5-2-1-4-9(10)8-13(14(11)12)16(15)18/h1-8,16,18H. The van der Waals surface area contributed by atoms with Crippen LogP contribution < -0.4 is 0 Å². The van der Waals surface area contributed by atoms with Crippen LogP contribution in [0.2, 0.25) is 0 Å². The van der Waals surface area contributed by atoms with Crippen LogP contribution in [0, 0.1) is 0 Å². The summed E-state index contributed by atoms with van der Waals surface area (Å²) in [5, 5.41) is 14.2. The number of ketones is 1. The van der Waals surface area contributed by atoms with Crippen LogP contribution in [-0.2, 0) is 0 Å². The number of carbonyl (C=O) groups excluding carboxylic acids is 1. The molecule has 0 bridgehead atoms. The Bertz CT molecular complexity index is 818. The third kappa shape index (κ3) is 1.03. The van der Waals surface area contributed by atoms with Crippen LogP contribution in [0.25, 0.3) is 21.5 Å². The number of aliphatic hydroxyl groups excluding tert-OH is 1. The summed E-state index contributed by atoms with van der Waals surface area (Å²) in [5.74, 6) is -0.189. The second-order valence-electron chi connectivity index (χ2n) is 4.68. The average molecular weight is 234 g/mol. The van der Waals surface area contributed by atoms with Crippen LogP contribution in [0.1, 0.15) is 22.0 Å². The monoisotopic (exact) mass is 234 g/mol. The summed E-state index contributed by atoms with van der Waals surface area (Å²) in [6.07, 6.45) is -1.01. The summed E-state index contributed by atoms with van der Waals surface area (Å²) in [4.78, 5) is 12.0. The maximum absolute atomic E-state index is 12.0. The molecule has 0 spiro atoms. The molecule has 0 radical (unpaired) electrons. The molecule has 1 aliphatic carbocycles. The van der Waals surface area contributed by atoms with Crippen molar-refractivity contribution >= 4 is 27.3 Å². The minimum Gasteiger partial charge on any atom is -0.380 e. The van der Waals surface area contributed by atoms with E-state index < -0.39 is 6.10 Å². The van der Waals surface area contributed by atoms with E-state index >= 15 is 0 Å². The fourth-order valence-electron chi connectivity index (χ4n) is 2.91. The van der Waals surface area contributed by atoms with E-state index in [4.69, 9.17) is 0 Å². The molecule has 3 aromatic rings. The van der Waals surface area contributed by atoms with Crippen LogP contribution in [-0.4, -0.2) is 10.9 Å². The summed E-state index contributed by atoms with van der Waals surface area (Å²) in [6.45, 7) is 0. The Morgan fingerprint density at radius 1 is 0.944 bits per heavy atom. The predicted molar refractivity (Wildman–Crippen MR) is 70.7 cm³/mol. The number of carbonyl (C=O) groups is 1. The number of hydrogen-bond donors (Lipinski definition) is 1. The van der Waals surface area contributed by atoms with Crippen molar-refractivity contribution in [3.8, 4) is 0 Å². The van der Waals surface area contributed by atoms with Crippen molar-refractivity contribution in [2.75, 3.05) is 0 Å². The van der Waals surface area contributed by atoms with Crippen molar-refractivity contribution in [1.29, 1.82) is 0 Å². The highest BCUT2D eigenvalue weighted by molar-refractivity contribution is 6.22. The van der Waals surface area contributed by atoms with Gasteiger partial charge in [0.1, 0.15) is 6.10 Å². The first-order valence-electron chi connectivity index (χ1n) is 5.94. The Balaban J connectivity index is 2.33.